The Balaban J connectivity index is 2.25. The number of anilines is 1. The molecular weight excluding hydrogens is 183 g/mol. The van der Waals surface area contributed by atoms with Crippen molar-refractivity contribution in [2.45, 2.75) is 19.0 Å². The van der Waals surface area contributed by atoms with Crippen LogP contribution in [0.1, 0.15) is 6.92 Å². The van der Waals surface area contributed by atoms with Gasteiger partial charge in [0.2, 0.25) is 5.91 Å². The van der Waals surface area contributed by atoms with E-state index in [1.807, 2.05) is 6.92 Å². The normalized spacial score (nSPS) is 26.2. The van der Waals surface area contributed by atoms with Crippen molar-refractivity contribution in [1.82, 2.24) is 0 Å². The molecule has 0 radical (unpaired) electrons. The number of hydrogen-bond donors (Lipinski definition) is 1. The van der Waals surface area contributed by atoms with Gasteiger partial charge in [0.1, 0.15) is 11.9 Å². The molecule has 2 atom stereocenters. The molecule has 1 aliphatic heterocycles. The van der Waals surface area contributed by atoms with Crippen molar-refractivity contribution in [2.75, 3.05) is 4.90 Å². The lowest BCUT2D eigenvalue weighted by Crippen LogP contribution is -2.67. The fourth-order valence-corrected chi connectivity index (χ4v) is 1.61. The van der Waals surface area contributed by atoms with E-state index in [0.717, 1.165) is 0 Å². The first-order chi connectivity index (χ1) is 6.61. The average Bonchev–Trinajstić information content (AvgIpc) is 2.21. The van der Waals surface area contributed by atoms with Crippen molar-refractivity contribution in [2.24, 2.45) is 5.73 Å². The van der Waals surface area contributed by atoms with E-state index in [4.69, 9.17) is 5.73 Å². The number of carbonyl (C=O) groups is 1. The third kappa shape index (κ3) is 1.19. The van der Waals surface area contributed by atoms with Crippen LogP contribution >= 0.6 is 0 Å². The van der Waals surface area contributed by atoms with Crippen LogP contribution in [0.15, 0.2) is 24.3 Å². The lowest BCUT2D eigenvalue weighted by molar-refractivity contribution is -0.125. The SMILES string of the molecule is C[C@H]1[C@@H](N)C(=O)N1c1ccc(F)cc1. The summed E-state index contributed by atoms with van der Waals surface area (Å²) >= 11 is 0. The summed E-state index contributed by atoms with van der Waals surface area (Å²) in [5, 5.41) is 0. The topological polar surface area (TPSA) is 46.3 Å². The lowest BCUT2D eigenvalue weighted by atomic mass is 9.97. The Hall–Kier alpha value is -1.42. The van der Waals surface area contributed by atoms with Crippen molar-refractivity contribution in [1.29, 1.82) is 0 Å². The molecule has 2 rings (SSSR count). The van der Waals surface area contributed by atoms with E-state index in [1.54, 1.807) is 17.0 Å². The van der Waals surface area contributed by atoms with Crippen LogP contribution in [0.2, 0.25) is 0 Å². The molecule has 1 aromatic carbocycles. The van der Waals surface area contributed by atoms with E-state index < -0.39 is 6.04 Å². The van der Waals surface area contributed by atoms with Gasteiger partial charge >= 0.3 is 0 Å². The molecule has 3 nitrogen and oxygen atoms in total. The first-order valence-electron chi connectivity index (χ1n) is 4.45. The first-order valence-corrected chi connectivity index (χ1v) is 4.45. The molecule has 0 unspecified atom stereocenters. The Labute approximate surface area is 81.3 Å². The highest BCUT2D eigenvalue weighted by Crippen LogP contribution is 2.26. The molecule has 74 valence electrons. The number of benzene rings is 1. The molecule has 14 heavy (non-hydrogen) atoms. The Morgan fingerprint density at radius 3 is 2.43 bits per heavy atom. The molecule has 1 amide bonds. The maximum absolute atomic E-state index is 12.6. The largest absolute Gasteiger partial charge is 0.318 e. The van der Waals surface area contributed by atoms with Gasteiger partial charge in [0.15, 0.2) is 0 Å². The fourth-order valence-electron chi connectivity index (χ4n) is 1.61. The van der Waals surface area contributed by atoms with Gasteiger partial charge in [-0.1, -0.05) is 0 Å². The minimum absolute atomic E-state index is 0.00652. The van der Waals surface area contributed by atoms with Crippen LogP contribution in [-0.4, -0.2) is 18.0 Å². The number of halogens is 1. The van der Waals surface area contributed by atoms with Gasteiger partial charge < -0.3 is 10.6 Å². The highest BCUT2D eigenvalue weighted by Gasteiger charge is 2.42. The van der Waals surface area contributed by atoms with Gasteiger partial charge in [0.25, 0.3) is 0 Å². The monoisotopic (exact) mass is 194 g/mol. The number of β-lactam (4-membered cyclic amide) rings is 1. The maximum atomic E-state index is 12.6. The van der Waals surface area contributed by atoms with Crippen LogP contribution in [-0.2, 0) is 4.79 Å². The van der Waals surface area contributed by atoms with Crippen LogP contribution in [0.4, 0.5) is 10.1 Å². The summed E-state index contributed by atoms with van der Waals surface area (Å²) in [6.45, 7) is 1.87. The van der Waals surface area contributed by atoms with Crippen LogP contribution in [0.5, 0.6) is 0 Å². The molecule has 0 aromatic heterocycles. The molecule has 1 saturated heterocycles. The van der Waals surface area contributed by atoms with E-state index in [0.29, 0.717) is 5.69 Å². The molecule has 1 heterocycles. The van der Waals surface area contributed by atoms with Gasteiger partial charge in [0, 0.05) is 5.69 Å². The summed E-state index contributed by atoms with van der Waals surface area (Å²) in [4.78, 5) is 12.9. The van der Waals surface area contributed by atoms with Crippen LogP contribution < -0.4 is 10.6 Å². The van der Waals surface area contributed by atoms with E-state index in [2.05, 4.69) is 0 Å². The van der Waals surface area contributed by atoms with E-state index in [-0.39, 0.29) is 17.8 Å². The number of nitrogens with two attached hydrogens (primary N) is 1. The molecule has 1 aromatic rings. The molecule has 2 N–H and O–H groups in total. The minimum atomic E-state index is -0.417. The second-order valence-electron chi connectivity index (χ2n) is 3.45. The summed E-state index contributed by atoms with van der Waals surface area (Å²) in [5.74, 6) is -0.414. The standard InChI is InChI=1S/C10H11FN2O/c1-6-9(12)10(14)13(6)8-4-2-7(11)3-5-8/h2-6,9H,12H2,1H3/t6-,9+/m0/s1. The third-order valence-electron chi connectivity index (χ3n) is 2.55. The Morgan fingerprint density at radius 2 is 1.93 bits per heavy atom. The number of nitrogens with zero attached hydrogens (tertiary/aromatic N) is 1. The van der Waals surface area contributed by atoms with Crippen LogP contribution in [0.25, 0.3) is 0 Å². The smallest absolute Gasteiger partial charge is 0.246 e. The molecular formula is C10H11FN2O. The zero-order valence-electron chi connectivity index (χ0n) is 7.77. The molecule has 1 fully saturated rings. The van der Waals surface area contributed by atoms with Crippen molar-refractivity contribution < 1.29 is 9.18 Å². The average molecular weight is 194 g/mol. The molecule has 0 saturated carbocycles. The second kappa shape index (κ2) is 3.06. The van der Waals surface area contributed by atoms with Crippen molar-refractivity contribution in [3.63, 3.8) is 0 Å². The highest BCUT2D eigenvalue weighted by atomic mass is 19.1. The first kappa shape index (κ1) is 9.15. The van der Waals surface area contributed by atoms with Gasteiger partial charge in [0.05, 0.1) is 6.04 Å². The summed E-state index contributed by atoms with van der Waals surface area (Å²) < 4.78 is 12.6. The van der Waals surface area contributed by atoms with E-state index in [1.165, 1.54) is 12.1 Å². The van der Waals surface area contributed by atoms with Crippen LogP contribution in [0, 0.1) is 5.82 Å². The number of carbonyl (C=O) groups excluding carboxylic acids is 1. The van der Waals surface area contributed by atoms with E-state index in [9.17, 15) is 9.18 Å². The van der Waals surface area contributed by atoms with Crippen LogP contribution in [0.3, 0.4) is 0 Å². The van der Waals surface area contributed by atoms with Crippen molar-refractivity contribution >= 4 is 11.6 Å². The van der Waals surface area contributed by atoms with Gasteiger partial charge in [-0.05, 0) is 31.2 Å². The fraction of sp³-hybridized carbons (Fsp3) is 0.300. The highest BCUT2D eigenvalue weighted by molar-refractivity contribution is 6.05. The number of rotatable bonds is 1. The predicted octanol–water partition coefficient (Wildman–Crippen LogP) is 0.888. The molecule has 0 spiro atoms. The van der Waals surface area contributed by atoms with Crippen molar-refractivity contribution in [3.05, 3.63) is 30.1 Å². The van der Waals surface area contributed by atoms with E-state index >= 15 is 0 Å². The summed E-state index contributed by atoms with van der Waals surface area (Å²) in [6.07, 6.45) is 0. The Morgan fingerprint density at radius 1 is 1.36 bits per heavy atom. The summed E-state index contributed by atoms with van der Waals surface area (Å²) in [7, 11) is 0. The zero-order chi connectivity index (χ0) is 10.3. The summed E-state index contributed by atoms with van der Waals surface area (Å²) in [6, 6.07) is 5.40. The van der Waals surface area contributed by atoms with Gasteiger partial charge in [-0.3, -0.25) is 4.79 Å². The second-order valence-corrected chi connectivity index (χ2v) is 3.45. The molecule has 1 aliphatic rings. The Kier molecular flexibility index (Phi) is 2.00. The number of hydrogen-bond acceptors (Lipinski definition) is 2. The molecule has 0 aliphatic carbocycles. The zero-order valence-corrected chi connectivity index (χ0v) is 7.77. The molecule has 4 heteroatoms. The lowest BCUT2D eigenvalue weighted by Gasteiger charge is -2.43. The number of amides is 1. The van der Waals surface area contributed by atoms with Gasteiger partial charge in [-0.2, -0.15) is 0 Å². The maximum Gasteiger partial charge on any atom is 0.246 e. The molecule has 0 bridgehead atoms. The van der Waals surface area contributed by atoms with Gasteiger partial charge in [-0.25, -0.2) is 4.39 Å². The predicted molar refractivity (Wildman–Crippen MR) is 51.3 cm³/mol. The van der Waals surface area contributed by atoms with Gasteiger partial charge in [-0.15, -0.1) is 0 Å². The van der Waals surface area contributed by atoms with Crippen molar-refractivity contribution in [3.8, 4) is 0 Å². The Bertz CT molecular complexity index is 363. The third-order valence-corrected chi connectivity index (χ3v) is 2.55. The minimum Gasteiger partial charge on any atom is -0.318 e. The quantitative estimate of drug-likeness (QED) is 0.675. The summed E-state index contributed by atoms with van der Waals surface area (Å²) in [5.41, 5.74) is 6.26.